The molecule has 2 saturated carbocycles. The van der Waals surface area contributed by atoms with Gasteiger partial charge in [-0.25, -0.2) is 9.59 Å². The number of hydrogen-bond donors (Lipinski definition) is 7. The maximum absolute atomic E-state index is 15.7. The molecule has 14 rings (SSSR count). The molecule has 5 amide bonds. The number of phenolic OH excluding ortho intramolecular Hbond substituents is 1. The van der Waals surface area contributed by atoms with Crippen molar-refractivity contribution in [2.24, 2.45) is 16.7 Å². The van der Waals surface area contributed by atoms with Crippen LogP contribution in [0, 0.1) is 16.7 Å². The number of carbonyl (C=O) groups is 9. The van der Waals surface area contributed by atoms with Crippen LogP contribution in [0.25, 0.3) is 11.1 Å². The fraction of sp³-hybridized carbons (Fsp3) is 0.368. The van der Waals surface area contributed by atoms with Gasteiger partial charge in [-0.05, 0) is 144 Å². The molecule has 1 aliphatic heterocycles. The van der Waals surface area contributed by atoms with Gasteiger partial charge in [0.2, 0.25) is 12.0 Å². The largest absolute Gasteiger partial charge is 0.507 e. The Morgan fingerprint density at radius 2 is 1.10 bits per heavy atom. The van der Waals surface area contributed by atoms with E-state index in [1.54, 1.807) is 116 Å². The van der Waals surface area contributed by atoms with E-state index in [9.17, 15) is 48.9 Å². The van der Waals surface area contributed by atoms with E-state index in [-0.39, 0.29) is 106 Å². The van der Waals surface area contributed by atoms with Gasteiger partial charge in [0.15, 0.2) is 17.5 Å². The molecule has 0 spiro atoms. The number of nitrogens with zero attached hydrogens (tertiary/aromatic N) is 7. The van der Waals surface area contributed by atoms with Gasteiger partial charge in [0.25, 0.3) is 11.8 Å². The lowest BCUT2D eigenvalue weighted by Crippen LogP contribution is -2.81. The molecule has 137 heavy (non-hydrogen) atoms. The zero-order valence-corrected chi connectivity index (χ0v) is 77.8. The molecule has 716 valence electrons. The van der Waals surface area contributed by atoms with Gasteiger partial charge >= 0.3 is 29.9 Å². The van der Waals surface area contributed by atoms with Crippen molar-refractivity contribution >= 4 is 59.1 Å². The number of fused-ring (bicyclic) bond motifs is 5. The summed E-state index contributed by atoms with van der Waals surface area (Å²) in [6.45, 7) is 11.9. The van der Waals surface area contributed by atoms with Crippen LogP contribution in [0.15, 0.2) is 260 Å². The summed E-state index contributed by atoms with van der Waals surface area (Å²) in [5.41, 5.74) is 2.65. The summed E-state index contributed by atoms with van der Waals surface area (Å²) in [4.78, 5) is 153. The average Bonchev–Trinajstić information content (AvgIpc) is 0.667. The van der Waals surface area contributed by atoms with Crippen LogP contribution in [0.1, 0.15) is 145 Å². The number of amides is 5. The Labute approximate surface area is 796 Å². The first-order valence-electron chi connectivity index (χ1n) is 46.0. The maximum atomic E-state index is 15.7. The van der Waals surface area contributed by atoms with E-state index in [0.29, 0.717) is 68.1 Å². The summed E-state index contributed by atoms with van der Waals surface area (Å²) in [6.07, 6.45) is -3.57. The molecular formula is C106H117N11O20. The van der Waals surface area contributed by atoms with Gasteiger partial charge in [-0.2, -0.15) is 0 Å². The SMILES string of the molecule is CO[C@H]1[C@@H]2[C@]3(OC(C)=O)CO[C@@H]3C[C@H](O)[C@@]2(C)C(=O)[C@H](OC(C)=O)C2=C(C)[C@@H](OC(=O)[C@H](OC(=O)CCC(=O)NCCOCCOCCNC(=O)c3ccc(NC(=O)N(CCc4cc(CN(Cc5ccccn5)Cc5ccccn5)c(O)c(CN(Cc5ccccn5)Cc5ccccn5)c4)Cc4ccc(-c5ccccc5)cc4)cc3)[C@@H](NC(=O)c3ccccc3)c3ccccc3)C[C@]1(O)C2(C)C. The van der Waals surface area contributed by atoms with E-state index < -0.39 is 131 Å². The number of Topliss-reactive ketones (excluding diaryl/α,β-unsaturated/α-hetero) is 1. The first-order chi connectivity index (χ1) is 66.1. The molecule has 11 atom stereocenters. The van der Waals surface area contributed by atoms with E-state index in [1.165, 1.54) is 40.0 Å². The molecule has 2 bridgehead atoms. The molecule has 3 fully saturated rings. The lowest BCUT2D eigenvalue weighted by Gasteiger charge is -2.67. The molecule has 1 saturated heterocycles. The van der Waals surface area contributed by atoms with Crippen molar-refractivity contribution in [3.63, 3.8) is 0 Å². The van der Waals surface area contributed by atoms with E-state index >= 15 is 9.59 Å². The van der Waals surface area contributed by atoms with Gasteiger partial charge < -0.3 is 79.4 Å². The molecule has 4 aromatic heterocycles. The number of phenols is 1. The smallest absolute Gasteiger partial charge is 0.350 e. The minimum atomic E-state index is -2.25. The van der Waals surface area contributed by atoms with Crippen LogP contribution in [-0.4, -0.2) is 211 Å². The van der Waals surface area contributed by atoms with Crippen LogP contribution < -0.4 is 21.3 Å². The molecule has 31 nitrogen and oxygen atoms in total. The Morgan fingerprint density at radius 1 is 0.577 bits per heavy atom. The zero-order chi connectivity index (χ0) is 96.8. The molecule has 31 heteroatoms. The summed E-state index contributed by atoms with van der Waals surface area (Å²) in [5, 5.41) is 50.0. The molecule has 10 aromatic rings. The van der Waals surface area contributed by atoms with Crippen LogP contribution in [0.5, 0.6) is 5.75 Å². The van der Waals surface area contributed by atoms with Crippen LogP contribution >= 0.6 is 0 Å². The number of aromatic hydroxyl groups is 1. The standard InChI is InChI=1S/C106H117N11O20/c1-69-86(60-106(129)98(130-7)96-104(6,87(120)59-88-105(96,68-133-88)137-71(3)119)97(124)94(134-70(2)118)91(69)103(106,4)5)135-101(127)95(92(76-27-13-9-14-28-76)114-100(126)77-29-15-10-16-30-77)136-90(122)44-43-89(121)111-50-53-131-55-56-132-54-51-112-99(125)78-39-41-81(42-40-78)113-102(128)117(61-72-35-37-75(38-36-72)74-25-11-8-12-26-74)52-45-73-57-79(62-115(64-82-31-17-21-46-107-82)65-83-32-18-22-47-108-83)93(123)80(58-73)63-116(66-84-33-19-23-48-109-84)67-85-34-20-24-49-110-85/h8-42,46-49,57-58,86-88,92,94-96,98,120,123,129H,43-45,50-56,59-68H2,1-7H3,(H,111,121)(H,112,125)(H,113,128)(H,114,126)/t86-,87-,88+,92-,94+,95+,96-,98-,104+,105-,106+/m0/s1. The molecule has 6 aromatic carbocycles. The quantitative estimate of drug-likeness (QED) is 0.00808. The second kappa shape index (κ2) is 45.8. The topological polar surface area (TPSA) is 398 Å². The third-order valence-corrected chi connectivity index (χ3v) is 26.1. The molecule has 7 N–H and O–H groups in total. The summed E-state index contributed by atoms with van der Waals surface area (Å²) < 4.78 is 48.3. The normalized spacial score (nSPS) is 20.6. The Hall–Kier alpha value is -13.6. The van der Waals surface area contributed by atoms with E-state index in [4.69, 9.17) is 37.9 Å². The summed E-state index contributed by atoms with van der Waals surface area (Å²) >= 11 is 0. The van der Waals surface area contributed by atoms with Crippen molar-refractivity contribution in [2.45, 2.75) is 173 Å². The van der Waals surface area contributed by atoms with Crippen LogP contribution in [0.2, 0.25) is 0 Å². The fourth-order valence-electron chi connectivity index (χ4n) is 19.1. The molecule has 4 aliphatic rings. The number of aliphatic hydroxyl groups excluding tert-OH is 1. The summed E-state index contributed by atoms with van der Waals surface area (Å²) in [5.74, 6) is -7.62. The lowest BCUT2D eigenvalue weighted by atomic mass is 9.44. The maximum Gasteiger partial charge on any atom is 0.350 e. The molecule has 0 unspecified atom stereocenters. The average molecular weight is 1870 g/mol. The Bertz CT molecular complexity index is 5650. The number of methoxy groups -OCH3 is 1. The van der Waals surface area contributed by atoms with Crippen molar-refractivity contribution in [1.29, 1.82) is 0 Å². The van der Waals surface area contributed by atoms with E-state index in [0.717, 1.165) is 52.0 Å². The first-order valence-corrected chi connectivity index (χ1v) is 46.0. The second-order valence-electron chi connectivity index (χ2n) is 35.7. The molecular weight excluding hydrogens is 1750 g/mol. The van der Waals surface area contributed by atoms with E-state index in [1.807, 2.05) is 140 Å². The number of pyridine rings is 4. The Kier molecular flexibility index (Phi) is 33.2. The fourth-order valence-corrected chi connectivity index (χ4v) is 19.1. The van der Waals surface area contributed by atoms with Crippen LogP contribution in [-0.2, 0) is 119 Å². The van der Waals surface area contributed by atoms with Gasteiger partial charge in [-0.15, -0.1) is 0 Å². The predicted octanol–water partition coefficient (Wildman–Crippen LogP) is 12.1. The van der Waals surface area contributed by atoms with Crippen LogP contribution in [0.4, 0.5) is 10.5 Å². The lowest BCUT2D eigenvalue weighted by molar-refractivity contribution is -0.348. The molecule has 3 aliphatic carbocycles. The van der Waals surface area contributed by atoms with Gasteiger partial charge in [-0.1, -0.05) is 153 Å². The number of benzene rings is 6. The third-order valence-electron chi connectivity index (χ3n) is 26.1. The highest BCUT2D eigenvalue weighted by atomic mass is 16.6. The number of aliphatic hydroxyl groups is 2. The number of carbonyl (C=O) groups excluding carboxylic acids is 9. The van der Waals surface area contributed by atoms with E-state index in [2.05, 4.69) is 51.0 Å². The molecule has 0 radical (unpaired) electrons. The number of urea groups is 1. The number of anilines is 1. The second-order valence-corrected chi connectivity index (χ2v) is 35.7. The number of rotatable bonds is 42. The predicted molar refractivity (Wildman–Crippen MR) is 505 cm³/mol. The third kappa shape index (κ3) is 24.3. The highest BCUT2D eigenvalue weighted by Gasteiger charge is 2.78. The van der Waals surface area contributed by atoms with Crippen LogP contribution in [0.3, 0.4) is 0 Å². The summed E-state index contributed by atoms with van der Waals surface area (Å²) in [6, 6.07) is 66.4. The first kappa shape index (κ1) is 99.3. The van der Waals surface area contributed by atoms with Crippen molar-refractivity contribution in [1.82, 2.24) is 50.6 Å². The highest BCUT2D eigenvalue weighted by molar-refractivity contribution is 5.97. The van der Waals surface area contributed by atoms with Crippen molar-refractivity contribution < 1.29 is 96.4 Å². The Balaban J connectivity index is 0.586. The number of ether oxygens (including phenoxy) is 8. The zero-order valence-electron chi connectivity index (χ0n) is 77.8. The van der Waals surface area contributed by atoms with Gasteiger partial charge in [-0.3, -0.25) is 63.3 Å². The van der Waals surface area contributed by atoms with Crippen molar-refractivity contribution in [3.05, 3.63) is 322 Å². The highest BCUT2D eigenvalue weighted by Crippen LogP contribution is 2.64. The monoisotopic (exact) mass is 1860 g/mol. The number of aromatic nitrogens is 4. The van der Waals surface area contributed by atoms with Gasteiger partial charge in [0.05, 0.1) is 79.9 Å². The molecule has 5 heterocycles. The minimum absolute atomic E-state index is 0.0203. The van der Waals surface area contributed by atoms with Gasteiger partial charge in [0.1, 0.15) is 29.6 Å². The summed E-state index contributed by atoms with van der Waals surface area (Å²) in [7, 11) is 1.29. The van der Waals surface area contributed by atoms with Crippen molar-refractivity contribution in [2.75, 3.05) is 65.1 Å². The number of ketones is 1. The number of esters is 4. The Morgan fingerprint density at radius 3 is 1.62 bits per heavy atom. The van der Waals surface area contributed by atoms with Gasteiger partial charge in [0, 0.05) is 170 Å². The minimum Gasteiger partial charge on any atom is -0.507 e. The number of nitrogens with one attached hydrogen (secondary N) is 4. The number of hydrogen-bond acceptors (Lipinski definition) is 26. The van der Waals surface area contributed by atoms with Crippen molar-refractivity contribution in [3.8, 4) is 16.9 Å².